The van der Waals surface area contributed by atoms with Gasteiger partial charge in [-0.15, -0.1) is 0 Å². The first-order chi connectivity index (χ1) is 14.0. The average molecular weight is 414 g/mol. The molecule has 2 atom stereocenters. The van der Waals surface area contributed by atoms with E-state index >= 15 is 0 Å². The Bertz CT molecular complexity index is 919. The molecule has 1 aromatic heterocycles. The third-order valence-corrected chi connectivity index (χ3v) is 5.83. The maximum absolute atomic E-state index is 10.4. The van der Waals surface area contributed by atoms with Gasteiger partial charge >= 0.3 is 0 Å². The summed E-state index contributed by atoms with van der Waals surface area (Å²) in [6.45, 7) is 10.1. The van der Waals surface area contributed by atoms with Gasteiger partial charge in [0.15, 0.2) is 0 Å². The second kappa shape index (κ2) is 10.3. The molecule has 0 bridgehead atoms. The molecule has 3 rings (SSSR count). The zero-order valence-corrected chi connectivity index (χ0v) is 18.3. The van der Waals surface area contributed by atoms with E-state index in [4.69, 9.17) is 11.6 Å². The van der Waals surface area contributed by atoms with Crippen LogP contribution in [0.25, 0.3) is 10.9 Å². The van der Waals surface area contributed by atoms with Crippen LogP contribution in [0.4, 0.5) is 0 Å². The maximum atomic E-state index is 10.4. The Hall–Kier alpha value is -1.85. The Morgan fingerprint density at radius 3 is 2.59 bits per heavy atom. The van der Waals surface area contributed by atoms with Crippen LogP contribution in [0.5, 0.6) is 0 Å². The van der Waals surface area contributed by atoms with Crippen molar-refractivity contribution in [3.63, 3.8) is 0 Å². The second-order valence-corrected chi connectivity index (χ2v) is 8.14. The first-order valence-electron chi connectivity index (χ1n) is 10.5. The maximum Gasteiger partial charge on any atom is 0.0914 e. The lowest BCUT2D eigenvalue weighted by atomic mass is 10.0. The van der Waals surface area contributed by atoms with Gasteiger partial charge in [0.1, 0.15) is 0 Å². The smallest absolute Gasteiger partial charge is 0.0914 e. The van der Waals surface area contributed by atoms with Crippen molar-refractivity contribution in [1.82, 2.24) is 15.2 Å². The van der Waals surface area contributed by atoms with Gasteiger partial charge in [0, 0.05) is 35.7 Å². The van der Waals surface area contributed by atoms with E-state index in [1.54, 1.807) is 0 Å². The van der Waals surface area contributed by atoms with Crippen molar-refractivity contribution < 1.29 is 5.11 Å². The number of aromatic nitrogens is 1. The average Bonchev–Trinajstić information content (AvgIpc) is 3.13. The van der Waals surface area contributed by atoms with Crippen LogP contribution in [-0.4, -0.2) is 40.7 Å². The lowest BCUT2D eigenvalue weighted by Gasteiger charge is -2.19. The standard InChI is InChI=1S/C24H32ClN3O/c1-4-28(5-2)16-19-9-7-11-22-20(14-27-24(19)22)12-17(3)26-15-23(29)18-8-6-10-21(25)13-18/h6-11,13-14,17,23,26-27,29H,4-5,12,15-16H2,1-3H3/t17-,23+/m1/s1. The number of hydrogen-bond donors (Lipinski definition) is 3. The zero-order chi connectivity index (χ0) is 20.8. The molecule has 0 radical (unpaired) electrons. The van der Waals surface area contributed by atoms with Gasteiger partial charge in [-0.05, 0) is 55.3 Å². The van der Waals surface area contributed by atoms with Gasteiger partial charge in [-0.1, -0.05) is 55.8 Å². The summed E-state index contributed by atoms with van der Waals surface area (Å²) in [4.78, 5) is 5.92. The summed E-state index contributed by atoms with van der Waals surface area (Å²) in [5, 5.41) is 15.8. The molecule has 0 aliphatic rings. The minimum Gasteiger partial charge on any atom is -0.387 e. The molecule has 29 heavy (non-hydrogen) atoms. The third kappa shape index (κ3) is 5.61. The summed E-state index contributed by atoms with van der Waals surface area (Å²) in [6.07, 6.45) is 2.46. The summed E-state index contributed by atoms with van der Waals surface area (Å²) in [5.41, 5.74) is 4.72. The highest BCUT2D eigenvalue weighted by molar-refractivity contribution is 6.30. The van der Waals surface area contributed by atoms with Gasteiger partial charge in [0.25, 0.3) is 0 Å². The lowest BCUT2D eigenvalue weighted by Crippen LogP contribution is -2.32. The minimum atomic E-state index is -0.570. The van der Waals surface area contributed by atoms with Crippen molar-refractivity contribution in [2.75, 3.05) is 19.6 Å². The molecule has 0 saturated carbocycles. The van der Waals surface area contributed by atoms with Crippen LogP contribution in [0.2, 0.25) is 5.02 Å². The number of hydrogen-bond acceptors (Lipinski definition) is 3. The summed E-state index contributed by atoms with van der Waals surface area (Å²) in [6, 6.07) is 14.2. The van der Waals surface area contributed by atoms with Crippen LogP contribution in [-0.2, 0) is 13.0 Å². The molecule has 4 nitrogen and oxygen atoms in total. The van der Waals surface area contributed by atoms with Gasteiger partial charge in [0.05, 0.1) is 11.6 Å². The number of nitrogens with one attached hydrogen (secondary N) is 2. The molecule has 156 valence electrons. The largest absolute Gasteiger partial charge is 0.387 e. The van der Waals surface area contributed by atoms with Gasteiger partial charge < -0.3 is 15.4 Å². The molecule has 3 aromatic rings. The molecule has 0 aliphatic carbocycles. The topological polar surface area (TPSA) is 51.3 Å². The Morgan fingerprint density at radius 2 is 1.86 bits per heavy atom. The molecule has 0 fully saturated rings. The molecule has 5 heteroatoms. The fourth-order valence-corrected chi connectivity index (χ4v) is 4.01. The number of H-pyrrole nitrogens is 1. The van der Waals surface area contributed by atoms with E-state index in [-0.39, 0.29) is 6.04 Å². The van der Waals surface area contributed by atoms with Crippen molar-refractivity contribution in [1.29, 1.82) is 0 Å². The molecule has 0 amide bonds. The highest BCUT2D eigenvalue weighted by Crippen LogP contribution is 2.24. The SMILES string of the molecule is CCN(CC)Cc1cccc2c(C[C@@H](C)NC[C@H](O)c3cccc(Cl)c3)c[nH]c12. The van der Waals surface area contributed by atoms with Crippen LogP contribution < -0.4 is 5.32 Å². The van der Waals surface area contributed by atoms with Crippen molar-refractivity contribution in [3.8, 4) is 0 Å². The van der Waals surface area contributed by atoms with Gasteiger partial charge in [-0.2, -0.15) is 0 Å². The number of fused-ring (bicyclic) bond motifs is 1. The summed E-state index contributed by atoms with van der Waals surface area (Å²) < 4.78 is 0. The van der Waals surface area contributed by atoms with E-state index in [2.05, 4.69) is 60.4 Å². The second-order valence-electron chi connectivity index (χ2n) is 7.70. The highest BCUT2D eigenvalue weighted by atomic mass is 35.5. The van der Waals surface area contributed by atoms with E-state index in [0.717, 1.165) is 31.6 Å². The number of nitrogens with zero attached hydrogens (tertiary/aromatic N) is 1. The van der Waals surface area contributed by atoms with E-state index in [0.29, 0.717) is 11.6 Å². The molecule has 1 heterocycles. The van der Waals surface area contributed by atoms with Crippen LogP contribution in [0, 0.1) is 0 Å². The van der Waals surface area contributed by atoms with Crippen molar-refractivity contribution in [3.05, 3.63) is 70.4 Å². The van der Waals surface area contributed by atoms with Crippen LogP contribution in [0.1, 0.15) is 43.6 Å². The number of halogens is 1. The Balaban J connectivity index is 1.64. The number of aliphatic hydroxyl groups excluding tert-OH is 1. The predicted octanol–water partition coefficient (Wildman–Crippen LogP) is 4.92. The van der Waals surface area contributed by atoms with Crippen molar-refractivity contribution in [2.45, 2.75) is 45.9 Å². The van der Waals surface area contributed by atoms with E-state index in [1.165, 1.54) is 22.0 Å². The molecule has 0 aliphatic heterocycles. The molecule has 0 saturated heterocycles. The number of benzene rings is 2. The zero-order valence-electron chi connectivity index (χ0n) is 17.6. The molecule has 0 unspecified atom stereocenters. The van der Waals surface area contributed by atoms with Crippen LogP contribution in [0.3, 0.4) is 0 Å². The fourth-order valence-electron chi connectivity index (χ4n) is 3.81. The lowest BCUT2D eigenvalue weighted by molar-refractivity contribution is 0.170. The fraction of sp³-hybridized carbons (Fsp3) is 0.417. The van der Waals surface area contributed by atoms with Crippen LogP contribution in [0.15, 0.2) is 48.7 Å². The van der Waals surface area contributed by atoms with E-state index in [1.807, 2.05) is 24.3 Å². The monoisotopic (exact) mass is 413 g/mol. The van der Waals surface area contributed by atoms with Gasteiger partial charge in [-0.25, -0.2) is 0 Å². The quantitative estimate of drug-likeness (QED) is 0.442. The van der Waals surface area contributed by atoms with Gasteiger partial charge in [-0.3, -0.25) is 4.90 Å². The molecule has 3 N–H and O–H groups in total. The van der Waals surface area contributed by atoms with Crippen molar-refractivity contribution >= 4 is 22.5 Å². The number of rotatable bonds is 10. The van der Waals surface area contributed by atoms with Gasteiger partial charge in [0.2, 0.25) is 0 Å². The number of para-hydroxylation sites is 1. The number of aliphatic hydroxyl groups is 1. The normalized spacial score (nSPS) is 13.9. The van der Waals surface area contributed by atoms with Crippen molar-refractivity contribution in [2.24, 2.45) is 0 Å². The summed E-state index contributed by atoms with van der Waals surface area (Å²) in [5.74, 6) is 0. The molecule has 2 aromatic carbocycles. The summed E-state index contributed by atoms with van der Waals surface area (Å²) in [7, 11) is 0. The summed E-state index contributed by atoms with van der Waals surface area (Å²) >= 11 is 6.03. The van der Waals surface area contributed by atoms with E-state index < -0.39 is 6.10 Å². The van der Waals surface area contributed by atoms with Crippen LogP contribution >= 0.6 is 11.6 Å². The third-order valence-electron chi connectivity index (χ3n) is 5.60. The predicted molar refractivity (Wildman–Crippen MR) is 123 cm³/mol. The first-order valence-corrected chi connectivity index (χ1v) is 10.9. The number of aromatic amines is 1. The Kier molecular flexibility index (Phi) is 7.73. The molecular weight excluding hydrogens is 382 g/mol. The van der Waals surface area contributed by atoms with E-state index in [9.17, 15) is 5.11 Å². The Labute approximate surface area is 178 Å². The highest BCUT2D eigenvalue weighted by Gasteiger charge is 2.14. The molecular formula is C24H32ClN3O. The first kappa shape index (κ1) is 21.8. The minimum absolute atomic E-state index is 0.245. The molecule has 0 spiro atoms. The Morgan fingerprint density at radius 1 is 1.10 bits per heavy atom.